The molecule has 2 N–H and O–H groups in total. The number of nitrogens with two attached hydrogens (primary N) is 1. The van der Waals surface area contributed by atoms with E-state index in [4.69, 9.17) is 5.73 Å². The lowest BCUT2D eigenvalue weighted by Gasteiger charge is -2.26. The number of pyridine rings is 1. The standard InChI is InChI=1S/C23H28F2N4O/c24-23(25)30-20-7-14(11-27-22(20)26)18-10-19(29(18)12-13-3-4-13)21-16-8-15(9-17(16)21)28-5-1-2-6-28/h7,10-11,13,15-17,21,23,26H,1-6,8-9,12H2/p+1. The number of rotatable bonds is 7. The molecule has 1 aromatic heterocycles. The Morgan fingerprint density at radius 1 is 1.20 bits per heavy atom. The highest BCUT2D eigenvalue weighted by Crippen LogP contribution is 2.60. The van der Waals surface area contributed by atoms with Crippen LogP contribution in [-0.4, -0.2) is 52.5 Å². The van der Waals surface area contributed by atoms with E-state index in [-0.39, 0.29) is 11.6 Å². The van der Waals surface area contributed by atoms with Crippen LogP contribution in [-0.2, 0) is 0 Å². The number of nitrogen functional groups attached to an aromatic ring is 1. The van der Waals surface area contributed by atoms with Crippen molar-refractivity contribution in [2.24, 2.45) is 23.7 Å². The van der Waals surface area contributed by atoms with Gasteiger partial charge in [-0.25, -0.2) is 4.98 Å². The summed E-state index contributed by atoms with van der Waals surface area (Å²) in [5.74, 6) is 3.05. The van der Waals surface area contributed by atoms with Gasteiger partial charge in [0, 0.05) is 18.2 Å². The fraction of sp³-hybridized carbons (Fsp3) is 0.652. The molecule has 30 heavy (non-hydrogen) atoms. The molecule has 0 bridgehead atoms. The number of likely N-dealkylation sites (tertiary alicyclic amines) is 1. The molecule has 3 aliphatic carbocycles. The van der Waals surface area contributed by atoms with Crippen molar-refractivity contribution in [1.29, 1.82) is 0 Å². The molecule has 5 aliphatic rings. The van der Waals surface area contributed by atoms with Gasteiger partial charge in [-0.3, -0.25) is 0 Å². The zero-order valence-corrected chi connectivity index (χ0v) is 17.1. The van der Waals surface area contributed by atoms with Gasteiger partial charge in [0.25, 0.3) is 0 Å². The number of hydrogen-bond acceptors (Lipinski definition) is 4. The largest absolute Gasteiger partial charge is 0.431 e. The van der Waals surface area contributed by atoms with Crippen molar-refractivity contribution < 1.29 is 18.1 Å². The van der Waals surface area contributed by atoms with E-state index in [1.165, 1.54) is 57.3 Å². The molecule has 0 spiro atoms. The number of ether oxygens (including phenoxy) is 1. The van der Waals surface area contributed by atoms with Crippen molar-refractivity contribution in [2.45, 2.75) is 51.2 Å². The Hall–Kier alpha value is -2.02. The summed E-state index contributed by atoms with van der Waals surface area (Å²) in [7, 11) is 0. The van der Waals surface area contributed by atoms with Crippen LogP contribution in [0.3, 0.4) is 0 Å². The maximum Gasteiger partial charge on any atom is 0.387 e. The average Bonchev–Trinajstić information content (AvgIpc) is 3.49. The number of nitrogens with zero attached hydrogens (tertiary/aromatic N) is 3. The molecule has 1 aromatic rings. The summed E-state index contributed by atoms with van der Waals surface area (Å²) in [5.41, 5.74) is 9.07. The highest BCUT2D eigenvalue weighted by atomic mass is 19.3. The molecule has 5 nitrogen and oxygen atoms in total. The molecule has 0 radical (unpaired) electrons. The summed E-state index contributed by atoms with van der Waals surface area (Å²) in [6.07, 6.45) is 11.9. The number of hydrogen-bond donors (Lipinski definition) is 1. The molecule has 3 heterocycles. The second-order valence-corrected chi connectivity index (χ2v) is 9.72. The van der Waals surface area contributed by atoms with Crippen LogP contribution in [0.15, 0.2) is 18.3 Å². The Morgan fingerprint density at radius 3 is 2.60 bits per heavy atom. The Morgan fingerprint density at radius 2 is 1.93 bits per heavy atom. The molecule has 2 atom stereocenters. The van der Waals surface area contributed by atoms with Crippen LogP contribution in [0.4, 0.5) is 14.6 Å². The number of alkyl halides is 2. The molecule has 7 heteroatoms. The zero-order chi connectivity index (χ0) is 20.4. The Kier molecular flexibility index (Phi) is 4.37. The van der Waals surface area contributed by atoms with Crippen LogP contribution in [0.5, 0.6) is 5.75 Å². The third-order valence-electron chi connectivity index (χ3n) is 7.84. The predicted octanol–water partition coefficient (Wildman–Crippen LogP) is 3.60. The van der Waals surface area contributed by atoms with E-state index in [0.717, 1.165) is 41.6 Å². The number of anilines is 1. The van der Waals surface area contributed by atoms with E-state index < -0.39 is 6.61 Å². The number of allylic oxidation sites excluding steroid dienone is 1. The molecule has 1 saturated heterocycles. The zero-order valence-electron chi connectivity index (χ0n) is 17.1. The highest BCUT2D eigenvalue weighted by molar-refractivity contribution is 6.06. The topological polar surface area (TPSA) is 54.4 Å². The molecule has 2 aliphatic heterocycles. The fourth-order valence-electron chi connectivity index (χ4n) is 6.09. The first-order valence-corrected chi connectivity index (χ1v) is 11.4. The lowest BCUT2D eigenvalue weighted by atomic mass is 9.96. The smallest absolute Gasteiger partial charge is 0.387 e. The molecular formula is C23H29F2N4O+. The summed E-state index contributed by atoms with van der Waals surface area (Å²) in [6, 6.07) is 2.41. The van der Waals surface area contributed by atoms with Crippen molar-refractivity contribution in [3.05, 3.63) is 23.9 Å². The van der Waals surface area contributed by atoms with Crippen LogP contribution < -0.4 is 10.5 Å². The SMILES string of the molecule is Nc1ncc(C2=CC(C3C4CC(N5CCCC5)CC43)=[N+]2CC2CC2)cc1OC(F)F. The summed E-state index contributed by atoms with van der Waals surface area (Å²) >= 11 is 0. The number of halogens is 2. The average molecular weight is 416 g/mol. The summed E-state index contributed by atoms with van der Waals surface area (Å²) < 4.78 is 32.4. The Labute approximate surface area is 175 Å². The van der Waals surface area contributed by atoms with Gasteiger partial charge in [-0.15, -0.1) is 0 Å². The van der Waals surface area contributed by atoms with Gasteiger partial charge < -0.3 is 15.4 Å². The van der Waals surface area contributed by atoms with Crippen molar-refractivity contribution in [1.82, 2.24) is 9.88 Å². The molecule has 3 saturated carbocycles. The van der Waals surface area contributed by atoms with E-state index in [2.05, 4.69) is 25.3 Å². The second kappa shape index (κ2) is 7.01. The predicted molar refractivity (Wildman–Crippen MR) is 110 cm³/mol. The van der Waals surface area contributed by atoms with Crippen molar-refractivity contribution in [2.75, 3.05) is 25.4 Å². The van der Waals surface area contributed by atoms with Crippen LogP contribution in [0.25, 0.3) is 5.70 Å². The molecule has 0 amide bonds. The first-order chi connectivity index (χ1) is 14.6. The lowest BCUT2D eigenvalue weighted by Crippen LogP contribution is -2.35. The van der Waals surface area contributed by atoms with Crippen LogP contribution in [0.2, 0.25) is 0 Å². The van der Waals surface area contributed by atoms with Gasteiger partial charge in [-0.05, 0) is 69.5 Å². The van der Waals surface area contributed by atoms with E-state index in [0.29, 0.717) is 5.92 Å². The third kappa shape index (κ3) is 3.22. The third-order valence-corrected chi connectivity index (χ3v) is 7.84. The van der Waals surface area contributed by atoms with Crippen LogP contribution in [0, 0.1) is 23.7 Å². The van der Waals surface area contributed by atoms with Gasteiger partial charge in [0.1, 0.15) is 0 Å². The van der Waals surface area contributed by atoms with Gasteiger partial charge in [0.2, 0.25) is 5.70 Å². The lowest BCUT2D eigenvalue weighted by molar-refractivity contribution is -0.447. The molecule has 160 valence electrons. The molecule has 6 rings (SSSR count). The minimum Gasteiger partial charge on any atom is -0.431 e. The normalized spacial score (nSPS) is 33.0. The minimum absolute atomic E-state index is 0.00148. The molecular weight excluding hydrogens is 386 g/mol. The second-order valence-electron chi connectivity index (χ2n) is 9.72. The minimum atomic E-state index is -2.90. The molecule has 2 unspecified atom stereocenters. The molecule has 0 aromatic carbocycles. The number of fused-ring (bicyclic) bond motifs is 1. The van der Waals surface area contributed by atoms with E-state index in [1.807, 2.05) is 0 Å². The maximum absolute atomic E-state index is 12.7. The van der Waals surface area contributed by atoms with Gasteiger partial charge in [-0.1, -0.05) is 0 Å². The quantitative estimate of drug-likeness (QED) is 0.692. The summed E-state index contributed by atoms with van der Waals surface area (Å²) in [4.78, 5) is 6.81. The molecule has 4 fully saturated rings. The van der Waals surface area contributed by atoms with Gasteiger partial charge >= 0.3 is 6.61 Å². The van der Waals surface area contributed by atoms with E-state index in [1.54, 1.807) is 12.3 Å². The maximum atomic E-state index is 12.7. The van der Waals surface area contributed by atoms with E-state index in [9.17, 15) is 8.78 Å². The van der Waals surface area contributed by atoms with Gasteiger partial charge in [0.15, 0.2) is 23.8 Å². The van der Waals surface area contributed by atoms with Crippen LogP contribution >= 0.6 is 0 Å². The first kappa shape index (κ1) is 18.7. The van der Waals surface area contributed by atoms with E-state index >= 15 is 0 Å². The monoisotopic (exact) mass is 415 g/mol. The Bertz CT molecular complexity index is 908. The first-order valence-electron chi connectivity index (χ1n) is 11.4. The summed E-state index contributed by atoms with van der Waals surface area (Å²) in [6.45, 7) is 0.702. The fourth-order valence-corrected chi connectivity index (χ4v) is 6.09. The van der Waals surface area contributed by atoms with Crippen molar-refractivity contribution in [3.63, 3.8) is 0 Å². The highest BCUT2D eigenvalue weighted by Gasteiger charge is 2.63. The van der Waals surface area contributed by atoms with Gasteiger partial charge in [0.05, 0.1) is 17.6 Å². The van der Waals surface area contributed by atoms with Crippen LogP contribution in [0.1, 0.15) is 44.1 Å². The van der Waals surface area contributed by atoms with Crippen molar-refractivity contribution in [3.8, 4) is 5.75 Å². The Balaban J connectivity index is 1.20. The van der Waals surface area contributed by atoms with Crippen molar-refractivity contribution >= 4 is 17.2 Å². The summed E-state index contributed by atoms with van der Waals surface area (Å²) in [5, 5.41) is 0. The van der Waals surface area contributed by atoms with Gasteiger partial charge in [-0.2, -0.15) is 13.4 Å². The number of aromatic nitrogens is 1.